The minimum absolute atomic E-state index is 0.104. The Morgan fingerprint density at radius 2 is 2.05 bits per heavy atom. The van der Waals surface area contributed by atoms with Crippen LogP contribution in [0.15, 0.2) is 61.1 Å². The molecule has 1 amide bonds. The largest absolute Gasteiger partial charge is 0.347 e. The number of rotatable bonds is 5. The molecule has 106 valence electrons. The minimum atomic E-state index is -0.104. The molecule has 2 N–H and O–H groups in total. The Balaban J connectivity index is 1.68. The summed E-state index contributed by atoms with van der Waals surface area (Å²) >= 11 is 0. The second-order valence-corrected chi connectivity index (χ2v) is 4.73. The first-order valence-corrected chi connectivity index (χ1v) is 6.78. The predicted octanol–water partition coefficient (Wildman–Crippen LogP) is 2.19. The second-order valence-electron chi connectivity index (χ2n) is 4.73. The summed E-state index contributed by atoms with van der Waals surface area (Å²) in [4.78, 5) is 19.3. The van der Waals surface area contributed by atoms with Crippen molar-refractivity contribution in [1.29, 1.82) is 0 Å². The highest BCUT2D eigenvalue weighted by Gasteiger charge is 2.11. The zero-order chi connectivity index (χ0) is 14.5. The summed E-state index contributed by atoms with van der Waals surface area (Å²) in [6.07, 6.45) is 5.31. The van der Waals surface area contributed by atoms with Crippen molar-refractivity contribution in [3.05, 3.63) is 78.1 Å². The zero-order valence-corrected chi connectivity index (χ0v) is 11.5. The van der Waals surface area contributed by atoms with Gasteiger partial charge in [-0.3, -0.25) is 4.79 Å². The third kappa shape index (κ3) is 3.20. The van der Waals surface area contributed by atoms with E-state index < -0.39 is 0 Å². The normalized spacial score (nSPS) is 10.5. The van der Waals surface area contributed by atoms with Gasteiger partial charge in [0.15, 0.2) is 0 Å². The van der Waals surface area contributed by atoms with Gasteiger partial charge in [-0.1, -0.05) is 30.3 Å². The van der Waals surface area contributed by atoms with Crippen molar-refractivity contribution in [2.75, 3.05) is 0 Å². The summed E-state index contributed by atoms with van der Waals surface area (Å²) in [5.41, 5.74) is 1.80. The van der Waals surface area contributed by atoms with E-state index in [0.717, 1.165) is 11.4 Å². The van der Waals surface area contributed by atoms with Crippen LogP contribution in [0, 0.1) is 0 Å². The smallest absolute Gasteiger partial charge is 0.268 e. The van der Waals surface area contributed by atoms with Crippen molar-refractivity contribution in [1.82, 2.24) is 19.9 Å². The summed E-state index contributed by atoms with van der Waals surface area (Å²) in [7, 11) is 0. The van der Waals surface area contributed by atoms with Gasteiger partial charge >= 0.3 is 0 Å². The fourth-order valence-electron chi connectivity index (χ4n) is 2.19. The molecule has 3 aromatic rings. The first-order chi connectivity index (χ1) is 10.3. The van der Waals surface area contributed by atoms with Crippen LogP contribution in [0.5, 0.6) is 0 Å². The Labute approximate surface area is 122 Å². The van der Waals surface area contributed by atoms with Crippen LogP contribution in [0.25, 0.3) is 0 Å². The highest BCUT2D eigenvalue weighted by Crippen LogP contribution is 2.08. The molecule has 5 heteroatoms. The molecule has 0 aliphatic rings. The number of carbonyl (C=O) groups excluding carboxylic acids is 1. The van der Waals surface area contributed by atoms with Crippen LogP contribution in [-0.2, 0) is 13.1 Å². The number of aromatic amines is 1. The van der Waals surface area contributed by atoms with Crippen LogP contribution in [0.3, 0.4) is 0 Å². The average Bonchev–Trinajstić information content (AvgIpc) is 3.17. The molecular formula is C16H16N4O. The van der Waals surface area contributed by atoms with E-state index in [0.29, 0.717) is 18.8 Å². The number of hydrogen-bond donors (Lipinski definition) is 2. The van der Waals surface area contributed by atoms with Gasteiger partial charge in [0, 0.05) is 25.1 Å². The average molecular weight is 280 g/mol. The summed E-state index contributed by atoms with van der Waals surface area (Å²) in [6.45, 7) is 1.07. The number of nitrogens with zero attached hydrogens (tertiary/aromatic N) is 2. The molecule has 5 nitrogen and oxygen atoms in total. The van der Waals surface area contributed by atoms with Crippen molar-refractivity contribution in [3.63, 3.8) is 0 Å². The number of aromatic nitrogens is 3. The first kappa shape index (κ1) is 13.2. The third-order valence-electron chi connectivity index (χ3n) is 3.23. The molecule has 0 saturated carbocycles. The summed E-state index contributed by atoms with van der Waals surface area (Å²) in [5.74, 6) is 0.636. The molecule has 0 aliphatic heterocycles. The van der Waals surface area contributed by atoms with Crippen molar-refractivity contribution in [3.8, 4) is 0 Å². The zero-order valence-electron chi connectivity index (χ0n) is 11.5. The SMILES string of the molecule is O=C(NCc1ncc[nH]1)c1cccn1Cc1ccccc1. The molecule has 0 fully saturated rings. The molecule has 2 aromatic heterocycles. The maximum atomic E-state index is 12.2. The van der Waals surface area contributed by atoms with Gasteiger partial charge in [-0.25, -0.2) is 4.98 Å². The Hall–Kier alpha value is -2.82. The van der Waals surface area contributed by atoms with Crippen molar-refractivity contribution >= 4 is 5.91 Å². The number of H-pyrrole nitrogens is 1. The molecular weight excluding hydrogens is 264 g/mol. The van der Waals surface area contributed by atoms with Crippen LogP contribution in [-0.4, -0.2) is 20.4 Å². The molecule has 2 heterocycles. The van der Waals surface area contributed by atoms with Gasteiger partial charge in [0.25, 0.3) is 5.91 Å². The molecule has 0 unspecified atom stereocenters. The van der Waals surface area contributed by atoms with Crippen LogP contribution in [0.2, 0.25) is 0 Å². The lowest BCUT2D eigenvalue weighted by Crippen LogP contribution is -2.26. The molecule has 0 bridgehead atoms. The molecule has 1 aromatic carbocycles. The molecule has 21 heavy (non-hydrogen) atoms. The van der Waals surface area contributed by atoms with Crippen LogP contribution < -0.4 is 5.32 Å². The lowest BCUT2D eigenvalue weighted by atomic mass is 10.2. The van der Waals surface area contributed by atoms with Crippen LogP contribution in [0.4, 0.5) is 0 Å². The van der Waals surface area contributed by atoms with Gasteiger partial charge < -0.3 is 14.9 Å². The van der Waals surface area contributed by atoms with E-state index in [9.17, 15) is 4.79 Å². The van der Waals surface area contributed by atoms with E-state index in [-0.39, 0.29) is 5.91 Å². The minimum Gasteiger partial charge on any atom is -0.347 e. The van der Waals surface area contributed by atoms with Crippen LogP contribution >= 0.6 is 0 Å². The Morgan fingerprint density at radius 3 is 2.81 bits per heavy atom. The molecule has 3 rings (SSSR count). The first-order valence-electron chi connectivity index (χ1n) is 6.78. The topological polar surface area (TPSA) is 62.7 Å². The molecule has 0 aliphatic carbocycles. The van der Waals surface area contributed by atoms with Gasteiger partial charge in [0.2, 0.25) is 0 Å². The monoisotopic (exact) mass is 280 g/mol. The number of hydrogen-bond acceptors (Lipinski definition) is 2. The third-order valence-corrected chi connectivity index (χ3v) is 3.23. The summed E-state index contributed by atoms with van der Waals surface area (Å²) in [6, 6.07) is 13.8. The maximum absolute atomic E-state index is 12.2. The molecule has 0 atom stereocenters. The number of benzene rings is 1. The van der Waals surface area contributed by atoms with E-state index in [4.69, 9.17) is 0 Å². The molecule has 0 spiro atoms. The van der Waals surface area contributed by atoms with E-state index >= 15 is 0 Å². The van der Waals surface area contributed by atoms with E-state index in [1.807, 2.05) is 53.2 Å². The van der Waals surface area contributed by atoms with Crippen molar-refractivity contribution < 1.29 is 4.79 Å². The Bertz CT molecular complexity index is 701. The van der Waals surface area contributed by atoms with E-state index in [1.165, 1.54) is 0 Å². The van der Waals surface area contributed by atoms with E-state index in [1.54, 1.807) is 12.4 Å². The van der Waals surface area contributed by atoms with Gasteiger partial charge in [-0.15, -0.1) is 0 Å². The molecule has 0 radical (unpaired) electrons. The van der Waals surface area contributed by atoms with Gasteiger partial charge in [0.05, 0.1) is 6.54 Å². The predicted molar refractivity (Wildman–Crippen MR) is 79.7 cm³/mol. The van der Waals surface area contributed by atoms with Gasteiger partial charge in [-0.2, -0.15) is 0 Å². The van der Waals surface area contributed by atoms with Gasteiger partial charge in [-0.05, 0) is 17.7 Å². The fraction of sp³-hybridized carbons (Fsp3) is 0.125. The quantitative estimate of drug-likeness (QED) is 0.752. The molecule has 0 saturated heterocycles. The van der Waals surface area contributed by atoms with Gasteiger partial charge in [0.1, 0.15) is 11.5 Å². The Morgan fingerprint density at radius 1 is 1.19 bits per heavy atom. The lowest BCUT2D eigenvalue weighted by Gasteiger charge is -2.09. The van der Waals surface area contributed by atoms with Crippen molar-refractivity contribution in [2.24, 2.45) is 0 Å². The number of carbonyl (C=O) groups is 1. The summed E-state index contributed by atoms with van der Waals surface area (Å²) in [5, 5.41) is 2.86. The van der Waals surface area contributed by atoms with Crippen molar-refractivity contribution in [2.45, 2.75) is 13.1 Å². The lowest BCUT2D eigenvalue weighted by molar-refractivity contribution is 0.0941. The highest BCUT2D eigenvalue weighted by molar-refractivity contribution is 5.92. The Kier molecular flexibility index (Phi) is 3.82. The van der Waals surface area contributed by atoms with Crippen LogP contribution in [0.1, 0.15) is 21.9 Å². The maximum Gasteiger partial charge on any atom is 0.268 e. The number of imidazole rings is 1. The number of nitrogens with one attached hydrogen (secondary N) is 2. The second kappa shape index (κ2) is 6.09. The highest BCUT2D eigenvalue weighted by atomic mass is 16.1. The number of amides is 1. The summed E-state index contributed by atoms with van der Waals surface area (Å²) < 4.78 is 1.94. The van der Waals surface area contributed by atoms with E-state index in [2.05, 4.69) is 15.3 Å². The fourth-order valence-corrected chi connectivity index (χ4v) is 2.19. The standard InChI is InChI=1S/C16H16N4O/c21-16(19-11-15-17-8-9-18-15)14-7-4-10-20(14)12-13-5-2-1-3-6-13/h1-10H,11-12H2,(H,17,18)(H,19,21).